The number of thiophene rings is 2. The van der Waals surface area contributed by atoms with Crippen LogP contribution in [0.1, 0.15) is 35.1 Å². The van der Waals surface area contributed by atoms with Crippen LogP contribution in [0.3, 0.4) is 0 Å². The minimum absolute atomic E-state index is 0.0751. The van der Waals surface area contributed by atoms with Gasteiger partial charge in [0.2, 0.25) is 0 Å². The minimum Gasteiger partial charge on any atom is -0.481 e. The smallest absolute Gasteiger partial charge is 0.281 e. The summed E-state index contributed by atoms with van der Waals surface area (Å²) in [5.74, 6) is -0.506. The zero-order valence-corrected chi connectivity index (χ0v) is 18.4. The second kappa shape index (κ2) is 8.77. The Balaban J connectivity index is 1.44. The number of hydrazone groups is 1. The molecule has 1 amide bonds. The summed E-state index contributed by atoms with van der Waals surface area (Å²) >= 11 is 3.33. The maximum absolute atomic E-state index is 13.9. The number of carbonyl (C=O) groups excluding carboxylic acids is 1. The van der Waals surface area contributed by atoms with Gasteiger partial charge in [-0.05, 0) is 65.9 Å². The molecule has 4 nitrogen and oxygen atoms in total. The van der Waals surface area contributed by atoms with Crippen molar-refractivity contribution in [2.24, 2.45) is 11.0 Å². The van der Waals surface area contributed by atoms with Gasteiger partial charge in [0.1, 0.15) is 0 Å². The molecule has 0 radical (unpaired) electrons. The number of para-hydroxylation sites is 1. The van der Waals surface area contributed by atoms with E-state index in [1.165, 1.54) is 22.6 Å². The van der Waals surface area contributed by atoms with Crippen LogP contribution in [0.25, 0.3) is 6.08 Å². The first-order valence-corrected chi connectivity index (χ1v) is 12.0. The SMILES string of the molecule is O=C(COc1ccccc1F)N1N=C2/C(=C/c3cccs3)CCC[C@@H]2[C@H]1c1cccs1. The van der Waals surface area contributed by atoms with Gasteiger partial charge >= 0.3 is 0 Å². The molecule has 0 spiro atoms. The zero-order valence-electron chi connectivity index (χ0n) is 16.7. The number of amides is 1. The lowest BCUT2D eigenvalue weighted by Crippen LogP contribution is -2.34. The molecule has 31 heavy (non-hydrogen) atoms. The van der Waals surface area contributed by atoms with Gasteiger partial charge in [-0.2, -0.15) is 5.10 Å². The zero-order chi connectivity index (χ0) is 21.2. The molecule has 2 aliphatic rings. The largest absolute Gasteiger partial charge is 0.481 e. The van der Waals surface area contributed by atoms with Crippen LogP contribution in [-0.2, 0) is 4.79 Å². The summed E-state index contributed by atoms with van der Waals surface area (Å²) in [5, 5.41) is 10.5. The van der Waals surface area contributed by atoms with E-state index in [0.29, 0.717) is 0 Å². The maximum Gasteiger partial charge on any atom is 0.281 e. The fraction of sp³-hybridized carbons (Fsp3) is 0.250. The van der Waals surface area contributed by atoms with E-state index < -0.39 is 5.82 Å². The number of nitrogens with zero attached hydrogens (tertiary/aromatic N) is 2. The molecule has 0 N–H and O–H groups in total. The average Bonchev–Trinajstić information content (AvgIpc) is 3.53. The second-order valence-electron chi connectivity index (χ2n) is 7.59. The van der Waals surface area contributed by atoms with Crippen molar-refractivity contribution >= 4 is 40.4 Å². The van der Waals surface area contributed by atoms with E-state index in [1.807, 2.05) is 17.5 Å². The number of fused-ring (bicyclic) bond motifs is 1. The molecule has 0 bridgehead atoms. The van der Waals surface area contributed by atoms with Gasteiger partial charge < -0.3 is 4.74 Å². The molecule has 1 saturated carbocycles. The Hall–Kier alpha value is -2.77. The summed E-state index contributed by atoms with van der Waals surface area (Å²) in [6.45, 7) is -0.254. The first-order valence-electron chi connectivity index (χ1n) is 10.3. The first kappa shape index (κ1) is 20.2. The van der Waals surface area contributed by atoms with Crippen molar-refractivity contribution in [3.05, 3.63) is 80.4 Å². The van der Waals surface area contributed by atoms with E-state index in [0.717, 1.165) is 29.9 Å². The Morgan fingerprint density at radius 1 is 1.16 bits per heavy atom. The highest BCUT2D eigenvalue weighted by atomic mass is 32.1. The Labute approximate surface area is 188 Å². The van der Waals surface area contributed by atoms with E-state index in [2.05, 4.69) is 23.6 Å². The lowest BCUT2D eigenvalue weighted by atomic mass is 9.79. The van der Waals surface area contributed by atoms with Gasteiger partial charge in [-0.25, -0.2) is 9.40 Å². The molecule has 0 saturated heterocycles. The molecule has 3 heterocycles. The number of hydrogen-bond donors (Lipinski definition) is 0. The molecule has 1 aliphatic carbocycles. The third-order valence-corrected chi connectivity index (χ3v) is 7.40. The third kappa shape index (κ3) is 4.07. The Morgan fingerprint density at radius 2 is 2.00 bits per heavy atom. The van der Waals surface area contributed by atoms with E-state index in [1.54, 1.807) is 39.8 Å². The first-order chi connectivity index (χ1) is 15.2. The fourth-order valence-electron chi connectivity index (χ4n) is 4.26. The van der Waals surface area contributed by atoms with Gasteiger partial charge in [-0.3, -0.25) is 4.79 Å². The Bertz CT molecular complexity index is 1120. The molecule has 2 aromatic heterocycles. The van der Waals surface area contributed by atoms with Crippen LogP contribution in [0.5, 0.6) is 5.75 Å². The van der Waals surface area contributed by atoms with Crippen molar-refractivity contribution in [2.45, 2.75) is 25.3 Å². The van der Waals surface area contributed by atoms with Crippen molar-refractivity contribution in [1.29, 1.82) is 0 Å². The van der Waals surface area contributed by atoms with E-state index in [-0.39, 0.29) is 30.2 Å². The number of hydrogen-bond acceptors (Lipinski definition) is 5. The summed E-state index contributed by atoms with van der Waals surface area (Å²) in [4.78, 5) is 15.5. The van der Waals surface area contributed by atoms with Crippen LogP contribution < -0.4 is 4.74 Å². The van der Waals surface area contributed by atoms with Crippen LogP contribution >= 0.6 is 22.7 Å². The predicted octanol–water partition coefficient (Wildman–Crippen LogP) is 6.15. The summed E-state index contributed by atoms with van der Waals surface area (Å²) in [5.41, 5.74) is 2.20. The van der Waals surface area contributed by atoms with Crippen LogP contribution in [0.15, 0.2) is 70.0 Å². The average molecular weight is 453 g/mol. The van der Waals surface area contributed by atoms with E-state index >= 15 is 0 Å². The molecule has 7 heteroatoms. The van der Waals surface area contributed by atoms with E-state index in [4.69, 9.17) is 9.84 Å². The standard InChI is InChI=1S/C24H21FN2O2S2/c25-19-9-1-2-10-20(19)29-15-22(28)27-24(21-11-5-13-31-21)18-8-3-6-16(23(18)26-27)14-17-7-4-12-30-17/h1-2,4-5,7,9-14,18,24H,3,6,8,15H2/b16-14+/t18-,24-/m0/s1. The summed E-state index contributed by atoms with van der Waals surface area (Å²) in [6.07, 6.45) is 5.21. The van der Waals surface area contributed by atoms with Crippen molar-refractivity contribution in [3.8, 4) is 5.75 Å². The van der Waals surface area contributed by atoms with Crippen molar-refractivity contribution < 1.29 is 13.9 Å². The van der Waals surface area contributed by atoms with Gasteiger partial charge in [0, 0.05) is 15.7 Å². The van der Waals surface area contributed by atoms with Gasteiger partial charge in [-0.15, -0.1) is 22.7 Å². The molecule has 3 aromatic rings. The van der Waals surface area contributed by atoms with Crippen LogP contribution in [-0.4, -0.2) is 23.2 Å². The van der Waals surface area contributed by atoms with Gasteiger partial charge in [-0.1, -0.05) is 24.3 Å². The van der Waals surface area contributed by atoms with E-state index in [9.17, 15) is 9.18 Å². The highest BCUT2D eigenvalue weighted by molar-refractivity contribution is 7.11. The van der Waals surface area contributed by atoms with Gasteiger partial charge in [0.25, 0.3) is 5.91 Å². The molecular weight excluding hydrogens is 431 g/mol. The van der Waals surface area contributed by atoms with Gasteiger partial charge in [0.05, 0.1) is 11.8 Å². The number of benzene rings is 1. The quantitative estimate of drug-likeness (QED) is 0.466. The van der Waals surface area contributed by atoms with Crippen LogP contribution in [0.4, 0.5) is 4.39 Å². The molecule has 1 fully saturated rings. The molecule has 1 aliphatic heterocycles. The predicted molar refractivity (Wildman–Crippen MR) is 123 cm³/mol. The summed E-state index contributed by atoms with van der Waals surface area (Å²) < 4.78 is 19.4. The Morgan fingerprint density at radius 3 is 2.77 bits per heavy atom. The van der Waals surface area contributed by atoms with Crippen molar-refractivity contribution in [1.82, 2.24) is 5.01 Å². The molecular formula is C24H21FN2O2S2. The lowest BCUT2D eigenvalue weighted by molar-refractivity contribution is -0.135. The molecule has 2 atom stereocenters. The monoisotopic (exact) mass is 452 g/mol. The van der Waals surface area contributed by atoms with Crippen LogP contribution in [0, 0.1) is 11.7 Å². The number of halogens is 1. The molecule has 1 aromatic carbocycles. The normalized spacial score (nSPS) is 21.8. The Kier molecular flexibility index (Phi) is 5.70. The number of carbonyl (C=O) groups is 1. The molecule has 5 rings (SSSR count). The van der Waals surface area contributed by atoms with Crippen LogP contribution in [0.2, 0.25) is 0 Å². The summed E-state index contributed by atoms with van der Waals surface area (Å²) in [7, 11) is 0. The molecule has 158 valence electrons. The number of rotatable bonds is 5. The van der Waals surface area contributed by atoms with Crippen molar-refractivity contribution in [3.63, 3.8) is 0 Å². The van der Waals surface area contributed by atoms with Crippen molar-refractivity contribution in [2.75, 3.05) is 6.61 Å². The number of allylic oxidation sites excluding steroid dienone is 1. The minimum atomic E-state index is -0.479. The topological polar surface area (TPSA) is 41.9 Å². The lowest BCUT2D eigenvalue weighted by Gasteiger charge is -2.28. The molecule has 0 unspecified atom stereocenters. The van der Waals surface area contributed by atoms with Gasteiger partial charge in [0.15, 0.2) is 18.2 Å². The number of ether oxygens (including phenoxy) is 1. The second-order valence-corrected chi connectivity index (χ2v) is 9.55. The highest BCUT2D eigenvalue weighted by Gasteiger charge is 2.44. The third-order valence-electron chi connectivity index (χ3n) is 5.64. The summed E-state index contributed by atoms with van der Waals surface area (Å²) in [6, 6.07) is 14.2. The fourth-order valence-corrected chi connectivity index (χ4v) is 5.81. The highest BCUT2D eigenvalue weighted by Crippen LogP contribution is 2.45. The maximum atomic E-state index is 13.9.